The molecule has 0 unspecified atom stereocenters. The molecule has 0 bridgehead atoms. The quantitative estimate of drug-likeness (QED) is 0.666. The van der Waals surface area contributed by atoms with Crippen LogP contribution in [-0.2, 0) is 4.74 Å². The normalized spacial score (nSPS) is 10.5. The van der Waals surface area contributed by atoms with Crippen LogP contribution in [-0.4, -0.2) is 13.1 Å². The molecular formula is C18H13FO3. The zero-order chi connectivity index (χ0) is 15.5. The Kier molecular flexibility index (Phi) is 3.74. The molecular weight excluding hydrogens is 283 g/mol. The van der Waals surface area contributed by atoms with Crippen LogP contribution in [0.2, 0.25) is 0 Å². The molecule has 3 rings (SSSR count). The number of hydrogen-bond donors (Lipinski definition) is 0. The third-order valence-electron chi connectivity index (χ3n) is 3.40. The Bertz CT molecular complexity index is 790. The van der Waals surface area contributed by atoms with Crippen LogP contribution in [0, 0.1) is 5.82 Å². The summed E-state index contributed by atoms with van der Waals surface area (Å²) in [5, 5.41) is 0. The second-order valence-corrected chi connectivity index (χ2v) is 4.74. The number of esters is 1. The monoisotopic (exact) mass is 296 g/mol. The van der Waals surface area contributed by atoms with Gasteiger partial charge in [0.1, 0.15) is 11.6 Å². The van der Waals surface area contributed by atoms with Crippen LogP contribution in [0.25, 0.3) is 22.5 Å². The van der Waals surface area contributed by atoms with Crippen LogP contribution in [0.1, 0.15) is 10.4 Å². The second-order valence-electron chi connectivity index (χ2n) is 4.74. The molecule has 0 fully saturated rings. The lowest BCUT2D eigenvalue weighted by Gasteiger charge is -2.06. The van der Waals surface area contributed by atoms with E-state index >= 15 is 0 Å². The van der Waals surface area contributed by atoms with Crippen LogP contribution < -0.4 is 0 Å². The van der Waals surface area contributed by atoms with Crippen molar-refractivity contribution in [1.29, 1.82) is 0 Å². The van der Waals surface area contributed by atoms with Gasteiger partial charge in [-0.2, -0.15) is 0 Å². The highest BCUT2D eigenvalue weighted by atomic mass is 19.1. The molecule has 0 saturated carbocycles. The van der Waals surface area contributed by atoms with Gasteiger partial charge >= 0.3 is 5.97 Å². The fourth-order valence-electron chi connectivity index (χ4n) is 2.24. The van der Waals surface area contributed by atoms with Gasteiger partial charge in [-0.25, -0.2) is 9.18 Å². The first-order valence-electron chi connectivity index (χ1n) is 6.71. The molecule has 2 aromatic carbocycles. The van der Waals surface area contributed by atoms with Gasteiger partial charge in [-0.1, -0.05) is 30.3 Å². The Morgan fingerprint density at radius 2 is 1.68 bits per heavy atom. The average Bonchev–Trinajstić information content (AvgIpc) is 3.08. The number of methoxy groups -OCH3 is 1. The van der Waals surface area contributed by atoms with E-state index in [0.717, 1.165) is 16.9 Å². The lowest BCUT2D eigenvalue weighted by Crippen LogP contribution is -2.04. The van der Waals surface area contributed by atoms with Crippen LogP contribution in [0.3, 0.4) is 0 Å². The fraction of sp³-hybridized carbons (Fsp3) is 0.0556. The molecule has 0 aliphatic carbocycles. The molecule has 0 saturated heterocycles. The highest BCUT2D eigenvalue weighted by molar-refractivity contribution is 5.90. The van der Waals surface area contributed by atoms with E-state index in [2.05, 4.69) is 4.74 Å². The predicted octanol–water partition coefficient (Wildman–Crippen LogP) is 4.54. The van der Waals surface area contributed by atoms with E-state index in [1.54, 1.807) is 12.3 Å². The second kappa shape index (κ2) is 5.85. The molecule has 1 aromatic heterocycles. The largest absolute Gasteiger partial charge is 0.465 e. The SMILES string of the molecule is COC(=O)c1ccc(-c2ccc(-c3ccco3)cc2)cc1F. The number of hydrogen-bond acceptors (Lipinski definition) is 3. The molecule has 0 atom stereocenters. The highest BCUT2D eigenvalue weighted by Crippen LogP contribution is 2.26. The Labute approximate surface area is 127 Å². The molecule has 0 radical (unpaired) electrons. The van der Waals surface area contributed by atoms with Gasteiger partial charge in [0, 0.05) is 5.56 Å². The fourth-order valence-corrected chi connectivity index (χ4v) is 2.24. The lowest BCUT2D eigenvalue weighted by atomic mass is 10.0. The summed E-state index contributed by atoms with van der Waals surface area (Å²) in [7, 11) is 1.23. The van der Waals surface area contributed by atoms with Crippen molar-refractivity contribution in [3.8, 4) is 22.5 Å². The molecule has 4 heteroatoms. The van der Waals surface area contributed by atoms with Gasteiger partial charge in [0.05, 0.1) is 18.9 Å². The van der Waals surface area contributed by atoms with Crippen molar-refractivity contribution in [2.45, 2.75) is 0 Å². The van der Waals surface area contributed by atoms with E-state index in [9.17, 15) is 9.18 Å². The predicted molar refractivity (Wildman–Crippen MR) is 80.9 cm³/mol. The van der Waals surface area contributed by atoms with E-state index in [-0.39, 0.29) is 5.56 Å². The maximum atomic E-state index is 14.0. The van der Waals surface area contributed by atoms with Crippen molar-refractivity contribution >= 4 is 5.97 Å². The van der Waals surface area contributed by atoms with Crippen LogP contribution in [0.15, 0.2) is 65.3 Å². The Hall–Kier alpha value is -2.88. The first-order chi connectivity index (χ1) is 10.7. The molecule has 0 spiro atoms. The summed E-state index contributed by atoms with van der Waals surface area (Å²) in [6.45, 7) is 0. The summed E-state index contributed by atoms with van der Waals surface area (Å²) >= 11 is 0. The average molecular weight is 296 g/mol. The number of benzene rings is 2. The third kappa shape index (κ3) is 2.63. The summed E-state index contributed by atoms with van der Waals surface area (Å²) in [6.07, 6.45) is 1.62. The Morgan fingerprint density at radius 1 is 1.00 bits per heavy atom. The number of carbonyl (C=O) groups is 1. The Balaban J connectivity index is 1.91. The summed E-state index contributed by atoms with van der Waals surface area (Å²) in [4.78, 5) is 11.4. The smallest absolute Gasteiger partial charge is 0.340 e. The Morgan fingerprint density at radius 3 is 2.27 bits per heavy atom. The van der Waals surface area contributed by atoms with Crippen molar-refractivity contribution in [1.82, 2.24) is 0 Å². The number of rotatable bonds is 3. The molecule has 22 heavy (non-hydrogen) atoms. The van der Waals surface area contributed by atoms with Crippen LogP contribution >= 0.6 is 0 Å². The van der Waals surface area contributed by atoms with Gasteiger partial charge in [-0.15, -0.1) is 0 Å². The van der Waals surface area contributed by atoms with Crippen molar-refractivity contribution in [2.24, 2.45) is 0 Å². The number of halogens is 1. The number of ether oxygens (including phenoxy) is 1. The molecule has 3 aromatic rings. The van der Waals surface area contributed by atoms with Gasteiger partial charge in [0.15, 0.2) is 0 Å². The minimum atomic E-state index is -0.683. The van der Waals surface area contributed by atoms with Gasteiger partial charge in [-0.3, -0.25) is 0 Å². The van der Waals surface area contributed by atoms with Crippen LogP contribution in [0.4, 0.5) is 4.39 Å². The zero-order valence-corrected chi connectivity index (χ0v) is 11.9. The van der Waals surface area contributed by atoms with Gasteiger partial charge in [0.25, 0.3) is 0 Å². The number of carbonyl (C=O) groups excluding carboxylic acids is 1. The van der Waals surface area contributed by atoms with Crippen molar-refractivity contribution in [3.05, 3.63) is 72.2 Å². The van der Waals surface area contributed by atoms with E-state index < -0.39 is 11.8 Å². The van der Waals surface area contributed by atoms with Crippen molar-refractivity contribution in [3.63, 3.8) is 0 Å². The van der Waals surface area contributed by atoms with Gasteiger partial charge in [-0.05, 0) is 35.4 Å². The topological polar surface area (TPSA) is 39.4 Å². The zero-order valence-electron chi connectivity index (χ0n) is 11.9. The minimum Gasteiger partial charge on any atom is -0.465 e. The van der Waals surface area contributed by atoms with E-state index in [1.807, 2.05) is 36.4 Å². The molecule has 0 N–H and O–H groups in total. The maximum Gasteiger partial charge on any atom is 0.340 e. The third-order valence-corrected chi connectivity index (χ3v) is 3.40. The number of furan rings is 1. The van der Waals surface area contributed by atoms with E-state index in [1.165, 1.54) is 19.2 Å². The molecule has 110 valence electrons. The highest BCUT2D eigenvalue weighted by Gasteiger charge is 2.13. The van der Waals surface area contributed by atoms with Crippen LogP contribution in [0.5, 0.6) is 0 Å². The first-order valence-corrected chi connectivity index (χ1v) is 6.71. The maximum absolute atomic E-state index is 14.0. The summed E-state index contributed by atoms with van der Waals surface area (Å²) < 4.78 is 23.8. The first kappa shape index (κ1) is 14.1. The van der Waals surface area contributed by atoms with E-state index in [4.69, 9.17) is 4.42 Å². The summed E-state index contributed by atoms with van der Waals surface area (Å²) in [5.41, 5.74) is 2.42. The lowest BCUT2D eigenvalue weighted by molar-refractivity contribution is 0.0595. The van der Waals surface area contributed by atoms with E-state index in [0.29, 0.717) is 5.56 Å². The van der Waals surface area contributed by atoms with Crippen molar-refractivity contribution < 1.29 is 18.3 Å². The molecule has 0 amide bonds. The van der Waals surface area contributed by atoms with Gasteiger partial charge in [0.2, 0.25) is 0 Å². The van der Waals surface area contributed by atoms with Gasteiger partial charge < -0.3 is 9.15 Å². The summed E-state index contributed by atoms with van der Waals surface area (Å²) in [6, 6.07) is 15.7. The standard InChI is InChI=1S/C18H13FO3/c1-21-18(20)15-9-8-14(11-16(15)19)12-4-6-13(7-5-12)17-3-2-10-22-17/h2-11H,1H3. The summed E-state index contributed by atoms with van der Waals surface area (Å²) in [5.74, 6) is -0.504. The minimum absolute atomic E-state index is 0.0709. The van der Waals surface area contributed by atoms with Crippen molar-refractivity contribution in [2.75, 3.05) is 7.11 Å². The molecule has 1 heterocycles. The molecule has 0 aliphatic rings. The molecule has 0 aliphatic heterocycles. The molecule has 3 nitrogen and oxygen atoms in total.